The molecule has 4 nitrogen and oxygen atoms in total. The molecule has 0 spiro atoms. The van der Waals surface area contributed by atoms with Crippen molar-refractivity contribution in [1.29, 1.82) is 0 Å². The maximum Gasteiger partial charge on any atom is 0.226 e. The topological polar surface area (TPSA) is 42.4 Å². The Hall–Kier alpha value is -1.42. The molecule has 2 heterocycles. The molecular weight excluding hydrogens is 288 g/mol. The van der Waals surface area contributed by atoms with Gasteiger partial charge in [0.2, 0.25) is 5.91 Å². The molecule has 2 bridgehead atoms. The van der Waals surface area contributed by atoms with E-state index in [-0.39, 0.29) is 12.0 Å². The number of hydrogen-bond acceptors (Lipinski definition) is 3. The summed E-state index contributed by atoms with van der Waals surface area (Å²) >= 11 is 0. The Labute approximate surface area is 138 Å². The Morgan fingerprint density at radius 2 is 2.26 bits per heavy atom. The summed E-state index contributed by atoms with van der Waals surface area (Å²) in [4.78, 5) is 19.4. The van der Waals surface area contributed by atoms with Gasteiger partial charge in [-0.3, -0.25) is 9.78 Å². The average Bonchev–Trinajstić information content (AvgIpc) is 3.32. The Morgan fingerprint density at radius 1 is 1.30 bits per heavy atom. The van der Waals surface area contributed by atoms with Crippen molar-refractivity contribution < 1.29 is 9.53 Å². The van der Waals surface area contributed by atoms with Crippen LogP contribution in [0, 0.1) is 17.8 Å². The van der Waals surface area contributed by atoms with Crippen molar-refractivity contribution in [2.75, 3.05) is 13.2 Å². The zero-order valence-electron chi connectivity index (χ0n) is 13.7. The van der Waals surface area contributed by atoms with Gasteiger partial charge in [0.1, 0.15) is 0 Å². The Balaban J connectivity index is 1.48. The second kappa shape index (κ2) is 6.60. The molecule has 4 heteroatoms. The molecule has 0 N–H and O–H groups in total. The first-order valence-electron chi connectivity index (χ1n) is 9.09. The summed E-state index contributed by atoms with van der Waals surface area (Å²) in [5.74, 6) is 2.05. The van der Waals surface area contributed by atoms with E-state index in [1.807, 2.05) is 12.3 Å². The van der Waals surface area contributed by atoms with Crippen molar-refractivity contribution in [1.82, 2.24) is 9.88 Å². The lowest BCUT2D eigenvalue weighted by atomic mass is 9.87. The van der Waals surface area contributed by atoms with Crippen LogP contribution in [0.25, 0.3) is 0 Å². The van der Waals surface area contributed by atoms with E-state index in [9.17, 15) is 4.79 Å². The average molecular weight is 314 g/mol. The molecule has 2 saturated carbocycles. The van der Waals surface area contributed by atoms with Gasteiger partial charge >= 0.3 is 0 Å². The van der Waals surface area contributed by atoms with E-state index < -0.39 is 0 Å². The van der Waals surface area contributed by atoms with Crippen molar-refractivity contribution in [3.8, 4) is 0 Å². The number of amides is 1. The van der Waals surface area contributed by atoms with E-state index in [1.54, 1.807) is 6.20 Å². The molecule has 23 heavy (non-hydrogen) atoms. The summed E-state index contributed by atoms with van der Waals surface area (Å²) in [6, 6.07) is 4.01. The fourth-order valence-corrected chi connectivity index (χ4v) is 4.76. The minimum atomic E-state index is 0.217. The lowest BCUT2D eigenvalue weighted by Crippen LogP contribution is -2.41. The zero-order chi connectivity index (χ0) is 15.6. The number of rotatable bonds is 5. The van der Waals surface area contributed by atoms with E-state index in [0.29, 0.717) is 18.4 Å². The van der Waals surface area contributed by atoms with Gasteiger partial charge in [0.15, 0.2) is 0 Å². The monoisotopic (exact) mass is 314 g/mol. The van der Waals surface area contributed by atoms with Crippen LogP contribution < -0.4 is 0 Å². The molecule has 4 rings (SSSR count). The van der Waals surface area contributed by atoms with Gasteiger partial charge in [0.05, 0.1) is 6.10 Å². The number of carbonyl (C=O) groups excluding carboxylic acids is 1. The third-order valence-corrected chi connectivity index (χ3v) is 5.91. The van der Waals surface area contributed by atoms with Crippen molar-refractivity contribution >= 4 is 5.91 Å². The first-order valence-corrected chi connectivity index (χ1v) is 9.09. The Kier molecular flexibility index (Phi) is 4.34. The van der Waals surface area contributed by atoms with Gasteiger partial charge in [0, 0.05) is 38.0 Å². The quantitative estimate of drug-likeness (QED) is 0.839. The van der Waals surface area contributed by atoms with Gasteiger partial charge in [-0.05, 0) is 55.6 Å². The molecule has 0 aromatic carbocycles. The third-order valence-electron chi connectivity index (χ3n) is 5.91. The Bertz CT molecular complexity index is 542. The van der Waals surface area contributed by atoms with Gasteiger partial charge in [-0.1, -0.05) is 12.5 Å². The highest BCUT2D eigenvalue weighted by Gasteiger charge is 2.44. The minimum absolute atomic E-state index is 0.217. The zero-order valence-corrected chi connectivity index (χ0v) is 13.7. The molecule has 4 atom stereocenters. The molecule has 1 aromatic rings. The highest BCUT2D eigenvalue weighted by molar-refractivity contribution is 5.79. The summed E-state index contributed by atoms with van der Waals surface area (Å²) in [5.41, 5.74) is 1.11. The molecule has 1 aliphatic heterocycles. The van der Waals surface area contributed by atoms with Crippen molar-refractivity contribution in [3.63, 3.8) is 0 Å². The highest BCUT2D eigenvalue weighted by Crippen LogP contribution is 2.49. The van der Waals surface area contributed by atoms with Crippen molar-refractivity contribution in [2.24, 2.45) is 17.8 Å². The minimum Gasteiger partial charge on any atom is -0.376 e. The van der Waals surface area contributed by atoms with Gasteiger partial charge in [-0.15, -0.1) is 0 Å². The maximum absolute atomic E-state index is 13.2. The largest absolute Gasteiger partial charge is 0.376 e. The standard InChI is InChI=1S/C19H26N2O2/c22-19(18-10-14-5-6-16(18)9-14)21(13-17-4-2-8-23-17)12-15-3-1-7-20-11-15/h1,3,7,11,14,16-18H,2,4-6,8-10,12-13H2/t14-,16-,17+,18+/m0/s1. The van der Waals surface area contributed by atoms with Crippen LogP contribution in [-0.4, -0.2) is 35.0 Å². The second-order valence-electron chi connectivity index (χ2n) is 7.50. The maximum atomic E-state index is 13.2. The van der Waals surface area contributed by atoms with Crippen molar-refractivity contribution in [2.45, 2.75) is 51.2 Å². The van der Waals surface area contributed by atoms with E-state index in [4.69, 9.17) is 4.74 Å². The van der Waals surface area contributed by atoms with Crippen LogP contribution >= 0.6 is 0 Å². The molecule has 124 valence electrons. The van der Waals surface area contributed by atoms with Crippen LogP contribution in [0.1, 0.15) is 44.1 Å². The molecule has 2 aliphatic carbocycles. The molecular formula is C19H26N2O2. The second-order valence-corrected chi connectivity index (χ2v) is 7.50. The van der Waals surface area contributed by atoms with Crippen LogP contribution in [0.3, 0.4) is 0 Å². The first-order chi connectivity index (χ1) is 11.3. The SMILES string of the molecule is O=C([C@@H]1C[C@H]2CC[C@H]1C2)N(Cc1cccnc1)C[C@H]1CCCO1. The van der Waals surface area contributed by atoms with E-state index in [2.05, 4.69) is 16.0 Å². The summed E-state index contributed by atoms with van der Waals surface area (Å²) in [7, 11) is 0. The number of fused-ring (bicyclic) bond motifs is 2. The number of ether oxygens (including phenoxy) is 1. The molecule has 3 fully saturated rings. The molecule has 1 aromatic heterocycles. The van der Waals surface area contributed by atoms with Crippen LogP contribution in [0.15, 0.2) is 24.5 Å². The fraction of sp³-hybridized carbons (Fsp3) is 0.684. The molecule has 0 radical (unpaired) electrons. The highest BCUT2D eigenvalue weighted by atomic mass is 16.5. The van der Waals surface area contributed by atoms with Gasteiger partial charge in [-0.25, -0.2) is 0 Å². The lowest BCUT2D eigenvalue weighted by molar-refractivity contribution is -0.139. The fourth-order valence-electron chi connectivity index (χ4n) is 4.76. The van der Waals surface area contributed by atoms with Crippen LogP contribution in [0.2, 0.25) is 0 Å². The number of carbonyl (C=O) groups is 1. The normalized spacial score (nSPS) is 32.3. The smallest absolute Gasteiger partial charge is 0.226 e. The lowest BCUT2D eigenvalue weighted by Gasteiger charge is -2.31. The van der Waals surface area contributed by atoms with E-state index >= 15 is 0 Å². The number of pyridine rings is 1. The predicted octanol–water partition coefficient (Wildman–Crippen LogP) is 3.03. The summed E-state index contributed by atoms with van der Waals surface area (Å²) < 4.78 is 5.79. The van der Waals surface area contributed by atoms with Crippen LogP contribution in [0.4, 0.5) is 0 Å². The molecule has 0 unspecified atom stereocenters. The first kappa shape index (κ1) is 15.1. The molecule has 1 amide bonds. The molecule has 1 saturated heterocycles. The summed E-state index contributed by atoms with van der Waals surface area (Å²) in [6.45, 7) is 2.25. The van der Waals surface area contributed by atoms with E-state index in [0.717, 1.165) is 43.9 Å². The van der Waals surface area contributed by atoms with Gasteiger partial charge < -0.3 is 9.64 Å². The number of hydrogen-bond donors (Lipinski definition) is 0. The number of nitrogens with zero attached hydrogens (tertiary/aromatic N) is 2. The van der Waals surface area contributed by atoms with Crippen molar-refractivity contribution in [3.05, 3.63) is 30.1 Å². The summed E-state index contributed by atoms with van der Waals surface area (Å²) in [6.07, 6.45) is 11.0. The Morgan fingerprint density at radius 3 is 2.91 bits per heavy atom. The summed E-state index contributed by atoms with van der Waals surface area (Å²) in [5, 5.41) is 0. The van der Waals surface area contributed by atoms with Crippen LogP contribution in [-0.2, 0) is 16.1 Å². The van der Waals surface area contributed by atoms with Crippen LogP contribution in [0.5, 0.6) is 0 Å². The van der Waals surface area contributed by atoms with E-state index in [1.165, 1.54) is 19.3 Å². The molecule has 3 aliphatic rings. The van der Waals surface area contributed by atoms with Gasteiger partial charge in [0.25, 0.3) is 0 Å². The van der Waals surface area contributed by atoms with Gasteiger partial charge in [-0.2, -0.15) is 0 Å². The predicted molar refractivity (Wildman–Crippen MR) is 87.6 cm³/mol. The third kappa shape index (κ3) is 3.27. The number of aromatic nitrogens is 1.